The molecule has 0 spiro atoms. The first-order valence-electron chi connectivity index (χ1n) is 5.89. The molecule has 0 bridgehead atoms. The summed E-state index contributed by atoms with van der Waals surface area (Å²) >= 11 is -0.857. The molecule has 1 aromatic rings. The van der Waals surface area contributed by atoms with Crippen LogP contribution in [-0.2, 0) is 27.5 Å². The molecule has 0 radical (unpaired) electrons. The summed E-state index contributed by atoms with van der Waals surface area (Å²) in [5, 5.41) is 0. The average Bonchev–Trinajstić information content (AvgIpc) is 2.24. The summed E-state index contributed by atoms with van der Waals surface area (Å²) in [6.07, 6.45) is 0. The fraction of sp³-hybridized carbons (Fsp3) is 0.417. The maximum atomic E-state index is 12.1. The van der Waals surface area contributed by atoms with Crippen LogP contribution in [0.25, 0.3) is 0 Å². The van der Waals surface area contributed by atoms with Gasteiger partial charge in [-0.25, -0.2) is 0 Å². The predicted octanol–water partition coefficient (Wildman–Crippen LogP) is 4.21. The summed E-state index contributed by atoms with van der Waals surface area (Å²) in [5.41, 5.74) is 0.758. The van der Waals surface area contributed by atoms with Gasteiger partial charge in [0.1, 0.15) is 0 Å². The first-order valence-corrected chi connectivity index (χ1v) is 20.9. The normalized spacial score (nSPS) is 10.8. The zero-order valence-corrected chi connectivity index (χ0v) is 18.3. The molecule has 2 nitrogen and oxygen atoms in total. The summed E-state index contributed by atoms with van der Waals surface area (Å²) in [5.74, 6) is -0.142. The van der Waals surface area contributed by atoms with Gasteiger partial charge in [0.05, 0.1) is 0 Å². The molecule has 0 fully saturated rings. The molecule has 5 heteroatoms. The maximum absolute atomic E-state index is 12.1. The Kier molecular flexibility index (Phi) is 6.23. The summed E-state index contributed by atoms with van der Waals surface area (Å²) in [7, 11) is 0.140. The molecule has 1 aromatic carbocycles. The Morgan fingerprint density at radius 3 is 2.59 bits per heavy atom. The molecule has 0 atom stereocenters. The Bertz CT molecular complexity index is 390. The van der Waals surface area contributed by atoms with Gasteiger partial charge in [-0.2, -0.15) is 0 Å². The molecule has 0 saturated carbocycles. The summed E-state index contributed by atoms with van der Waals surface area (Å²) in [4.78, 5) is 13.2. The van der Waals surface area contributed by atoms with Gasteiger partial charge in [-0.05, 0) is 0 Å². The van der Waals surface area contributed by atoms with Gasteiger partial charge in [-0.1, -0.05) is 0 Å². The molecule has 0 amide bonds. The molecule has 1 rings (SSSR count). The number of hydrogen-bond donors (Lipinski definition) is 0. The monoisotopic (exact) mass is 456 g/mol. The Morgan fingerprint density at radius 1 is 1.35 bits per heavy atom. The summed E-state index contributed by atoms with van der Waals surface area (Å²) in [6, 6.07) is 7.83. The summed E-state index contributed by atoms with van der Waals surface area (Å²) in [6.45, 7) is 8.34. The van der Waals surface area contributed by atoms with E-state index in [4.69, 9.17) is 4.43 Å². The van der Waals surface area contributed by atoms with E-state index in [1.54, 1.807) is 0 Å². The van der Waals surface area contributed by atoms with Gasteiger partial charge in [0, 0.05) is 0 Å². The molecule has 0 heterocycles. The molecule has 0 aliphatic carbocycles. The molecule has 0 aromatic heterocycles. The van der Waals surface area contributed by atoms with Gasteiger partial charge in [0.2, 0.25) is 0 Å². The van der Waals surface area contributed by atoms with E-state index in [2.05, 4.69) is 6.92 Å². The predicted molar refractivity (Wildman–Crippen MR) is 71.5 cm³/mol. The van der Waals surface area contributed by atoms with Crippen molar-refractivity contribution in [3.63, 3.8) is 0 Å². The number of rotatable bonds is 5. The molecule has 90 valence electrons. The Hall–Kier alpha value is 0.192. The molecule has 0 unspecified atom stereocenters. The second kappa shape index (κ2) is 6.95. The van der Waals surface area contributed by atoms with Crippen LogP contribution >= 0.6 is 8.24 Å². The molecule has 0 aliphatic heterocycles. The zero-order valence-electron chi connectivity index (χ0n) is 10.9. The van der Waals surface area contributed by atoms with Gasteiger partial charge < -0.3 is 0 Å². The fourth-order valence-corrected chi connectivity index (χ4v) is 10.8. The Balaban J connectivity index is 2.85. The van der Waals surface area contributed by atoms with Gasteiger partial charge in [0.25, 0.3) is 0 Å². The van der Waals surface area contributed by atoms with Crippen LogP contribution in [0, 0.1) is 0 Å². The van der Waals surface area contributed by atoms with Crippen LogP contribution in [0.5, 0.6) is 0 Å². The Morgan fingerprint density at radius 2 is 2.00 bits per heavy atom. The minimum atomic E-state index is -1.80. The van der Waals surface area contributed by atoms with Crippen molar-refractivity contribution < 1.29 is 32.3 Å². The molecule has 0 saturated heterocycles. The average molecular weight is 455 g/mol. The number of hydrogen-bond acceptors (Lipinski definition) is 3. The van der Waals surface area contributed by atoms with Gasteiger partial charge in [0.15, 0.2) is 0 Å². The van der Waals surface area contributed by atoms with Gasteiger partial charge in [-0.3, -0.25) is 0 Å². The third-order valence-electron chi connectivity index (χ3n) is 1.97. The van der Waals surface area contributed by atoms with Crippen molar-refractivity contribution in [2.75, 3.05) is 0 Å². The van der Waals surface area contributed by atoms with Crippen molar-refractivity contribution in [3.05, 3.63) is 29.8 Å². The first-order chi connectivity index (χ1) is 7.94. The van der Waals surface area contributed by atoms with E-state index in [1.807, 2.05) is 52.1 Å². The number of benzene rings is 1. The van der Waals surface area contributed by atoms with E-state index in [-0.39, 0.29) is 5.97 Å². The number of carbonyl (C=O) groups is 1. The van der Waals surface area contributed by atoms with Crippen molar-refractivity contribution in [2.24, 2.45) is 0 Å². The van der Waals surface area contributed by atoms with Crippen LogP contribution in [-0.4, -0.2) is 14.3 Å². The van der Waals surface area contributed by atoms with E-state index in [0.29, 0.717) is 0 Å². The molecule has 0 aliphatic rings. The minimum absolute atomic E-state index is 0.142. The van der Waals surface area contributed by atoms with E-state index >= 15 is 0 Å². The molecule has 17 heavy (non-hydrogen) atoms. The first kappa shape index (κ1) is 15.3. The van der Waals surface area contributed by atoms with Crippen molar-refractivity contribution in [3.8, 4) is 0 Å². The van der Waals surface area contributed by atoms with Crippen molar-refractivity contribution in [2.45, 2.75) is 35.4 Å². The second-order valence-corrected chi connectivity index (χ2v) is 22.4. The SMILES string of the molecule is C[CH2][Hg][S]c1ccccc1C(=O)O[Si](C)(C)C. The van der Waals surface area contributed by atoms with Crippen LogP contribution in [0.4, 0.5) is 0 Å². The second-order valence-electron chi connectivity index (χ2n) is 4.85. The van der Waals surface area contributed by atoms with Gasteiger partial charge in [-0.15, -0.1) is 0 Å². The molecular weight excluding hydrogens is 437 g/mol. The van der Waals surface area contributed by atoms with E-state index in [1.165, 1.54) is 3.93 Å². The molecule has 0 N–H and O–H groups in total. The topological polar surface area (TPSA) is 26.3 Å². The van der Waals surface area contributed by atoms with E-state index in [9.17, 15) is 4.79 Å². The number of carbonyl (C=O) groups excluding carboxylic acids is 1. The van der Waals surface area contributed by atoms with Crippen LogP contribution < -0.4 is 0 Å². The van der Waals surface area contributed by atoms with Crippen LogP contribution in [0.2, 0.25) is 23.6 Å². The fourth-order valence-electron chi connectivity index (χ4n) is 1.31. The third kappa shape index (κ3) is 5.57. The quantitative estimate of drug-likeness (QED) is 0.623. The Labute approximate surface area is 119 Å². The van der Waals surface area contributed by atoms with Crippen LogP contribution in [0.15, 0.2) is 29.2 Å². The van der Waals surface area contributed by atoms with Crippen molar-refractivity contribution in [1.29, 1.82) is 0 Å². The zero-order chi connectivity index (χ0) is 12.9. The third-order valence-corrected chi connectivity index (χ3v) is 14.8. The van der Waals surface area contributed by atoms with Crippen molar-refractivity contribution in [1.82, 2.24) is 0 Å². The van der Waals surface area contributed by atoms with Gasteiger partial charge >= 0.3 is 120 Å². The van der Waals surface area contributed by atoms with E-state index in [0.717, 1.165) is 10.5 Å². The standard InChI is InChI=1S/C10H14O2SSi.C2H5.Hg/c1-14(2,3)12-10(11)8-6-4-5-7-9(8)13;1-2;/h4-7,13H,1-3H3;1H2,2H3;/q;;+1/p-1. The summed E-state index contributed by atoms with van der Waals surface area (Å²) < 4.78 is 6.88. The van der Waals surface area contributed by atoms with Crippen molar-refractivity contribution >= 4 is 22.5 Å². The van der Waals surface area contributed by atoms with Crippen LogP contribution in [0.1, 0.15) is 17.3 Å². The molecular formula is C12H18HgO2SSi. The van der Waals surface area contributed by atoms with E-state index < -0.39 is 31.4 Å². The van der Waals surface area contributed by atoms with Crippen LogP contribution in [0.3, 0.4) is 0 Å².